The molecule has 6 heteroatoms. The Balaban J connectivity index is 2.00. The van der Waals surface area contributed by atoms with Gasteiger partial charge in [0.2, 0.25) is 0 Å². The molecule has 22 heavy (non-hydrogen) atoms. The molecule has 1 aromatic rings. The van der Waals surface area contributed by atoms with Crippen molar-refractivity contribution >= 4 is 10.1 Å². The number of piperidine rings is 1. The fourth-order valence-corrected chi connectivity index (χ4v) is 4.50. The molecule has 5 nitrogen and oxygen atoms in total. The Morgan fingerprint density at radius 1 is 1.32 bits per heavy atom. The fraction of sp³-hybridized carbons (Fsp3) is 0.625. The van der Waals surface area contributed by atoms with Crippen molar-refractivity contribution in [3.8, 4) is 5.75 Å². The maximum atomic E-state index is 11.7. The van der Waals surface area contributed by atoms with E-state index in [2.05, 4.69) is 17.4 Å². The van der Waals surface area contributed by atoms with Gasteiger partial charge in [-0.25, -0.2) is 0 Å². The molecule has 122 valence electrons. The monoisotopic (exact) mass is 325 g/mol. The highest BCUT2D eigenvalue weighted by Crippen LogP contribution is 2.43. The number of hydrogen-bond donors (Lipinski definition) is 1. The molecule has 1 heterocycles. The summed E-state index contributed by atoms with van der Waals surface area (Å²) in [5.74, 6) is 1.37. The molecule has 4 unspecified atom stereocenters. The average Bonchev–Trinajstić information content (AvgIpc) is 2.47. The van der Waals surface area contributed by atoms with E-state index < -0.39 is 10.1 Å². The number of aryl methyl sites for hydroxylation is 1. The lowest BCUT2D eigenvalue weighted by Crippen LogP contribution is -2.54. The van der Waals surface area contributed by atoms with E-state index in [0.717, 1.165) is 31.4 Å². The van der Waals surface area contributed by atoms with Crippen molar-refractivity contribution in [3.05, 3.63) is 29.3 Å². The Hall–Kier alpha value is -1.11. The lowest BCUT2D eigenvalue weighted by atomic mass is 9.69. The molecule has 1 aliphatic carbocycles. The zero-order valence-electron chi connectivity index (χ0n) is 13.2. The van der Waals surface area contributed by atoms with Gasteiger partial charge in [0.25, 0.3) is 10.1 Å². The second kappa shape index (κ2) is 5.83. The summed E-state index contributed by atoms with van der Waals surface area (Å²) in [7, 11) is -1.83. The molecule has 0 radical (unpaired) electrons. The van der Waals surface area contributed by atoms with Crippen LogP contribution in [0.2, 0.25) is 0 Å². The van der Waals surface area contributed by atoms with Gasteiger partial charge in [-0.1, -0.05) is 6.07 Å². The summed E-state index contributed by atoms with van der Waals surface area (Å²) in [4.78, 5) is 0. The standard InChI is InChI=1S/C16H23NO4S/c1-10-16(21-22(3,18)19)15-12(9-17-10)5-4-11-8-13(20-2)6-7-14(11)15/h6-8,10,12,15-17H,4-5,9H2,1-3H3. The number of methoxy groups -OCH3 is 1. The SMILES string of the molecule is COc1ccc2c(c1)CCC1CNC(C)C(OS(C)(=O)=O)C21. The van der Waals surface area contributed by atoms with E-state index in [0.29, 0.717) is 5.92 Å². The minimum atomic E-state index is -3.49. The summed E-state index contributed by atoms with van der Waals surface area (Å²) in [6, 6.07) is 6.09. The third-order valence-corrected chi connectivity index (χ3v) is 5.41. The summed E-state index contributed by atoms with van der Waals surface area (Å²) in [5, 5.41) is 3.39. The number of fused-ring (bicyclic) bond motifs is 3. The van der Waals surface area contributed by atoms with Crippen LogP contribution in [0.4, 0.5) is 0 Å². The minimum Gasteiger partial charge on any atom is -0.497 e. The Bertz CT molecular complexity index is 658. The summed E-state index contributed by atoms with van der Waals surface area (Å²) in [6.07, 6.45) is 2.80. The van der Waals surface area contributed by atoms with E-state index >= 15 is 0 Å². The Labute approximate surface area is 132 Å². The molecule has 1 aliphatic heterocycles. The fourth-order valence-electron chi connectivity index (χ4n) is 3.81. The van der Waals surface area contributed by atoms with Gasteiger partial charge < -0.3 is 10.1 Å². The molecule has 0 spiro atoms. The predicted molar refractivity (Wildman–Crippen MR) is 84.7 cm³/mol. The van der Waals surface area contributed by atoms with Crippen LogP contribution in [0.25, 0.3) is 0 Å². The van der Waals surface area contributed by atoms with Crippen LogP contribution < -0.4 is 10.1 Å². The minimum absolute atomic E-state index is 0.00373. The van der Waals surface area contributed by atoms with Gasteiger partial charge in [0.05, 0.1) is 19.5 Å². The number of rotatable bonds is 3. The predicted octanol–water partition coefficient (Wildman–Crippen LogP) is 1.68. The first-order valence-electron chi connectivity index (χ1n) is 7.67. The van der Waals surface area contributed by atoms with E-state index in [4.69, 9.17) is 8.92 Å². The molecular weight excluding hydrogens is 302 g/mol. The summed E-state index contributed by atoms with van der Waals surface area (Å²) < 4.78 is 34.1. The van der Waals surface area contributed by atoms with E-state index in [1.807, 2.05) is 13.0 Å². The summed E-state index contributed by atoms with van der Waals surface area (Å²) >= 11 is 0. The van der Waals surface area contributed by atoms with Crippen LogP contribution in [0.3, 0.4) is 0 Å². The van der Waals surface area contributed by atoms with Crippen LogP contribution in [0.15, 0.2) is 18.2 Å². The molecular formula is C16H23NO4S. The average molecular weight is 325 g/mol. The Morgan fingerprint density at radius 3 is 2.77 bits per heavy atom. The zero-order valence-corrected chi connectivity index (χ0v) is 14.0. The molecule has 0 bridgehead atoms. The van der Waals surface area contributed by atoms with Crippen molar-refractivity contribution in [1.29, 1.82) is 0 Å². The van der Waals surface area contributed by atoms with Crippen LogP contribution in [0.5, 0.6) is 5.75 Å². The van der Waals surface area contributed by atoms with Crippen molar-refractivity contribution in [2.45, 2.75) is 37.8 Å². The second-order valence-corrected chi connectivity index (χ2v) is 7.95. The first-order valence-corrected chi connectivity index (χ1v) is 9.49. The van der Waals surface area contributed by atoms with Crippen molar-refractivity contribution in [1.82, 2.24) is 5.32 Å². The quantitative estimate of drug-likeness (QED) is 0.857. The highest BCUT2D eigenvalue weighted by Gasteiger charge is 2.43. The van der Waals surface area contributed by atoms with Crippen LogP contribution in [0, 0.1) is 5.92 Å². The molecule has 1 aromatic carbocycles. The van der Waals surface area contributed by atoms with Crippen molar-refractivity contribution in [2.24, 2.45) is 5.92 Å². The smallest absolute Gasteiger partial charge is 0.264 e. The third kappa shape index (κ3) is 3.00. The summed E-state index contributed by atoms with van der Waals surface area (Å²) in [5.41, 5.74) is 2.45. The van der Waals surface area contributed by atoms with Crippen LogP contribution in [-0.4, -0.2) is 40.5 Å². The second-order valence-electron chi connectivity index (χ2n) is 6.35. The molecule has 0 aromatic heterocycles. The van der Waals surface area contributed by atoms with Gasteiger partial charge in [-0.2, -0.15) is 8.42 Å². The van der Waals surface area contributed by atoms with Crippen molar-refractivity contribution < 1.29 is 17.3 Å². The van der Waals surface area contributed by atoms with E-state index in [1.54, 1.807) is 7.11 Å². The van der Waals surface area contributed by atoms with E-state index in [1.165, 1.54) is 11.1 Å². The number of benzene rings is 1. The molecule has 1 fully saturated rings. The number of hydrogen-bond acceptors (Lipinski definition) is 5. The molecule has 1 saturated heterocycles. The van der Waals surface area contributed by atoms with Crippen molar-refractivity contribution in [2.75, 3.05) is 19.9 Å². The van der Waals surface area contributed by atoms with Gasteiger partial charge in [0.15, 0.2) is 0 Å². The largest absolute Gasteiger partial charge is 0.497 e. The lowest BCUT2D eigenvalue weighted by Gasteiger charge is -2.45. The van der Waals surface area contributed by atoms with Gasteiger partial charge >= 0.3 is 0 Å². The van der Waals surface area contributed by atoms with E-state index in [-0.39, 0.29) is 18.1 Å². The zero-order chi connectivity index (χ0) is 15.9. The molecule has 3 rings (SSSR count). The molecule has 2 aliphatic rings. The maximum Gasteiger partial charge on any atom is 0.264 e. The molecule has 0 saturated carbocycles. The molecule has 1 N–H and O–H groups in total. The first-order chi connectivity index (χ1) is 10.4. The van der Waals surface area contributed by atoms with Crippen molar-refractivity contribution in [3.63, 3.8) is 0 Å². The highest BCUT2D eigenvalue weighted by molar-refractivity contribution is 7.86. The summed E-state index contributed by atoms with van der Waals surface area (Å²) in [6.45, 7) is 2.89. The topological polar surface area (TPSA) is 64.6 Å². The van der Waals surface area contributed by atoms with Gasteiger partial charge in [-0.3, -0.25) is 4.18 Å². The third-order valence-electron chi connectivity index (χ3n) is 4.84. The van der Waals surface area contributed by atoms with Crippen LogP contribution in [0.1, 0.15) is 30.4 Å². The lowest BCUT2D eigenvalue weighted by molar-refractivity contribution is 0.0718. The van der Waals surface area contributed by atoms with Gasteiger partial charge in [0, 0.05) is 12.0 Å². The molecule has 4 atom stereocenters. The maximum absolute atomic E-state index is 11.7. The first kappa shape index (κ1) is 15.8. The number of nitrogens with one attached hydrogen (secondary N) is 1. The normalized spacial score (nSPS) is 31.2. The Morgan fingerprint density at radius 2 is 2.09 bits per heavy atom. The van der Waals surface area contributed by atoms with Crippen LogP contribution in [-0.2, 0) is 20.7 Å². The van der Waals surface area contributed by atoms with E-state index in [9.17, 15) is 8.42 Å². The van der Waals surface area contributed by atoms with Gasteiger partial charge in [0.1, 0.15) is 5.75 Å². The number of ether oxygens (including phenoxy) is 1. The Kier molecular flexibility index (Phi) is 4.18. The highest BCUT2D eigenvalue weighted by atomic mass is 32.2. The van der Waals surface area contributed by atoms with Crippen LogP contribution >= 0.6 is 0 Å². The van der Waals surface area contributed by atoms with Gasteiger partial charge in [-0.15, -0.1) is 0 Å². The molecule has 0 amide bonds. The van der Waals surface area contributed by atoms with Gasteiger partial charge in [-0.05, 0) is 55.5 Å².